The first kappa shape index (κ1) is 13.8. The van der Waals surface area contributed by atoms with Gasteiger partial charge in [-0.25, -0.2) is 0 Å². The molecule has 0 aromatic heterocycles. The largest absolute Gasteiger partial charge is 0.350 e. The van der Waals surface area contributed by atoms with Gasteiger partial charge >= 0.3 is 0 Å². The molecule has 0 spiro atoms. The summed E-state index contributed by atoms with van der Waals surface area (Å²) in [5, 5.41) is 3.10. The van der Waals surface area contributed by atoms with E-state index in [0.29, 0.717) is 18.5 Å². The van der Waals surface area contributed by atoms with Gasteiger partial charge in [-0.05, 0) is 44.9 Å². The van der Waals surface area contributed by atoms with Gasteiger partial charge in [0.25, 0.3) is 0 Å². The Kier molecular flexibility index (Phi) is 3.97. The zero-order valence-corrected chi connectivity index (χ0v) is 11.9. The fourth-order valence-electron chi connectivity index (χ4n) is 3.24. The zero-order valence-electron chi connectivity index (χ0n) is 11.9. The predicted molar refractivity (Wildman–Crippen MR) is 73.1 cm³/mol. The SMILES string of the molecule is CCC(C)(C)NC(=O)CN1CC2CCC(N)C2C1. The van der Waals surface area contributed by atoms with Crippen LogP contribution in [0.5, 0.6) is 0 Å². The minimum absolute atomic E-state index is 0.0942. The van der Waals surface area contributed by atoms with E-state index < -0.39 is 0 Å². The van der Waals surface area contributed by atoms with E-state index in [9.17, 15) is 4.79 Å². The molecule has 4 heteroatoms. The van der Waals surface area contributed by atoms with Crippen molar-refractivity contribution in [3.05, 3.63) is 0 Å². The Morgan fingerprint density at radius 1 is 1.39 bits per heavy atom. The second-order valence-corrected chi connectivity index (χ2v) is 6.64. The lowest BCUT2D eigenvalue weighted by atomic mass is 9.98. The first-order valence-corrected chi connectivity index (χ1v) is 7.20. The number of fused-ring (bicyclic) bond motifs is 1. The summed E-state index contributed by atoms with van der Waals surface area (Å²) in [6, 6.07) is 0.357. The number of amides is 1. The Labute approximate surface area is 110 Å². The Balaban J connectivity index is 1.80. The molecule has 1 heterocycles. The van der Waals surface area contributed by atoms with Gasteiger partial charge in [0.1, 0.15) is 0 Å². The van der Waals surface area contributed by atoms with Crippen LogP contribution in [0.1, 0.15) is 40.0 Å². The molecule has 1 amide bonds. The van der Waals surface area contributed by atoms with E-state index in [-0.39, 0.29) is 11.4 Å². The molecule has 1 aliphatic heterocycles. The average molecular weight is 253 g/mol. The lowest BCUT2D eigenvalue weighted by molar-refractivity contribution is -0.123. The van der Waals surface area contributed by atoms with E-state index in [2.05, 4.69) is 31.0 Å². The molecule has 4 nitrogen and oxygen atoms in total. The quantitative estimate of drug-likeness (QED) is 0.784. The van der Waals surface area contributed by atoms with Crippen molar-refractivity contribution in [1.82, 2.24) is 10.2 Å². The van der Waals surface area contributed by atoms with Crippen LogP contribution in [0.4, 0.5) is 0 Å². The molecule has 0 aromatic rings. The summed E-state index contributed by atoms with van der Waals surface area (Å²) < 4.78 is 0. The third-order valence-electron chi connectivity index (χ3n) is 4.72. The van der Waals surface area contributed by atoms with E-state index in [1.807, 2.05) is 0 Å². The van der Waals surface area contributed by atoms with Crippen molar-refractivity contribution in [2.45, 2.75) is 51.6 Å². The van der Waals surface area contributed by atoms with Gasteiger partial charge in [-0.15, -0.1) is 0 Å². The van der Waals surface area contributed by atoms with Crippen LogP contribution >= 0.6 is 0 Å². The van der Waals surface area contributed by atoms with Crippen LogP contribution in [0.2, 0.25) is 0 Å². The number of carbonyl (C=O) groups is 1. The minimum atomic E-state index is -0.0942. The number of nitrogens with one attached hydrogen (secondary N) is 1. The van der Waals surface area contributed by atoms with Gasteiger partial charge in [-0.2, -0.15) is 0 Å². The average Bonchev–Trinajstić information content (AvgIpc) is 2.80. The fraction of sp³-hybridized carbons (Fsp3) is 0.929. The summed E-state index contributed by atoms with van der Waals surface area (Å²) >= 11 is 0. The minimum Gasteiger partial charge on any atom is -0.350 e. The highest BCUT2D eigenvalue weighted by Gasteiger charge is 2.41. The molecule has 2 aliphatic rings. The number of rotatable bonds is 4. The number of nitrogens with two attached hydrogens (primary N) is 1. The van der Waals surface area contributed by atoms with E-state index in [1.165, 1.54) is 6.42 Å². The maximum absolute atomic E-state index is 12.0. The molecule has 3 unspecified atom stereocenters. The van der Waals surface area contributed by atoms with Crippen molar-refractivity contribution in [3.8, 4) is 0 Å². The monoisotopic (exact) mass is 253 g/mol. The van der Waals surface area contributed by atoms with E-state index in [0.717, 1.165) is 31.8 Å². The van der Waals surface area contributed by atoms with Crippen LogP contribution in [0, 0.1) is 11.8 Å². The normalized spacial score (nSPS) is 32.6. The molecule has 104 valence electrons. The van der Waals surface area contributed by atoms with Gasteiger partial charge in [0.05, 0.1) is 6.54 Å². The van der Waals surface area contributed by atoms with Gasteiger partial charge in [-0.1, -0.05) is 6.92 Å². The van der Waals surface area contributed by atoms with Gasteiger partial charge in [0.15, 0.2) is 0 Å². The summed E-state index contributed by atoms with van der Waals surface area (Å²) in [5.74, 6) is 1.50. The summed E-state index contributed by atoms with van der Waals surface area (Å²) in [5.41, 5.74) is 6.01. The van der Waals surface area contributed by atoms with E-state index >= 15 is 0 Å². The molecule has 0 bridgehead atoms. The Morgan fingerprint density at radius 3 is 2.72 bits per heavy atom. The summed E-state index contributed by atoms with van der Waals surface area (Å²) in [7, 11) is 0. The number of hydrogen-bond acceptors (Lipinski definition) is 3. The number of hydrogen-bond donors (Lipinski definition) is 2. The van der Waals surface area contributed by atoms with Gasteiger partial charge in [-0.3, -0.25) is 9.69 Å². The topological polar surface area (TPSA) is 58.4 Å². The lowest BCUT2D eigenvalue weighted by Crippen LogP contribution is -2.47. The molecular weight excluding hydrogens is 226 g/mol. The molecule has 1 aliphatic carbocycles. The molecule has 2 rings (SSSR count). The van der Waals surface area contributed by atoms with Crippen LogP contribution in [-0.4, -0.2) is 42.0 Å². The Bertz CT molecular complexity index is 316. The summed E-state index contributed by atoms with van der Waals surface area (Å²) in [6.07, 6.45) is 3.36. The van der Waals surface area contributed by atoms with Gasteiger partial charge in [0, 0.05) is 24.7 Å². The highest BCUT2D eigenvalue weighted by molar-refractivity contribution is 5.78. The maximum atomic E-state index is 12.0. The number of likely N-dealkylation sites (tertiary alicyclic amines) is 1. The van der Waals surface area contributed by atoms with E-state index in [4.69, 9.17) is 5.73 Å². The molecular formula is C14H27N3O. The first-order chi connectivity index (χ1) is 8.41. The van der Waals surface area contributed by atoms with Crippen LogP contribution in [0.3, 0.4) is 0 Å². The highest BCUT2D eigenvalue weighted by atomic mass is 16.2. The van der Waals surface area contributed by atoms with Crippen molar-refractivity contribution in [3.63, 3.8) is 0 Å². The lowest BCUT2D eigenvalue weighted by Gasteiger charge is -2.26. The third kappa shape index (κ3) is 3.04. The van der Waals surface area contributed by atoms with Crippen LogP contribution in [0.25, 0.3) is 0 Å². The molecule has 3 N–H and O–H groups in total. The molecule has 18 heavy (non-hydrogen) atoms. The summed E-state index contributed by atoms with van der Waals surface area (Å²) in [6.45, 7) is 8.83. The smallest absolute Gasteiger partial charge is 0.234 e. The van der Waals surface area contributed by atoms with Gasteiger partial charge in [0.2, 0.25) is 5.91 Å². The fourth-order valence-corrected chi connectivity index (χ4v) is 3.24. The molecule has 3 atom stereocenters. The molecule has 0 aromatic carbocycles. The van der Waals surface area contributed by atoms with Crippen molar-refractivity contribution in [2.75, 3.05) is 19.6 Å². The molecule has 2 fully saturated rings. The van der Waals surface area contributed by atoms with Crippen molar-refractivity contribution in [2.24, 2.45) is 17.6 Å². The maximum Gasteiger partial charge on any atom is 0.234 e. The third-order valence-corrected chi connectivity index (χ3v) is 4.72. The number of nitrogens with zero attached hydrogens (tertiary/aromatic N) is 1. The first-order valence-electron chi connectivity index (χ1n) is 7.20. The van der Waals surface area contributed by atoms with Gasteiger partial charge < -0.3 is 11.1 Å². The van der Waals surface area contributed by atoms with Crippen LogP contribution in [0.15, 0.2) is 0 Å². The highest BCUT2D eigenvalue weighted by Crippen LogP contribution is 2.36. The van der Waals surface area contributed by atoms with Crippen LogP contribution < -0.4 is 11.1 Å². The standard InChI is InChI=1S/C14H27N3O/c1-4-14(2,3)16-13(18)9-17-7-10-5-6-12(15)11(10)8-17/h10-12H,4-9,15H2,1-3H3,(H,16,18). The Hall–Kier alpha value is -0.610. The van der Waals surface area contributed by atoms with Crippen LogP contribution in [-0.2, 0) is 4.79 Å². The van der Waals surface area contributed by atoms with Crippen molar-refractivity contribution in [1.29, 1.82) is 0 Å². The zero-order chi connectivity index (χ0) is 13.3. The molecule has 1 saturated carbocycles. The van der Waals surface area contributed by atoms with E-state index in [1.54, 1.807) is 0 Å². The second-order valence-electron chi connectivity index (χ2n) is 6.64. The number of carbonyl (C=O) groups excluding carboxylic acids is 1. The van der Waals surface area contributed by atoms with Crippen molar-refractivity contribution < 1.29 is 4.79 Å². The molecule has 0 radical (unpaired) electrons. The summed E-state index contributed by atoms with van der Waals surface area (Å²) in [4.78, 5) is 14.3. The van der Waals surface area contributed by atoms with Crippen molar-refractivity contribution >= 4 is 5.91 Å². The Morgan fingerprint density at radius 2 is 2.11 bits per heavy atom. The second kappa shape index (κ2) is 5.17. The molecule has 1 saturated heterocycles. The predicted octanol–water partition coefficient (Wildman–Crippen LogP) is 0.960.